The highest BCUT2D eigenvalue weighted by atomic mass is 16.1. The number of anilines is 1. The molecule has 0 fully saturated rings. The van der Waals surface area contributed by atoms with E-state index in [1.54, 1.807) is 6.20 Å². The average Bonchev–Trinajstić information content (AvgIpc) is 2.29. The van der Waals surface area contributed by atoms with Crippen molar-refractivity contribution in [2.45, 2.75) is 45.1 Å². The largest absolute Gasteiger partial charge is 0.327 e. The number of rotatable bonds is 3. The fraction of sp³-hybridized carbons (Fsp3) is 0.583. The molecule has 1 aliphatic rings. The molecule has 0 saturated heterocycles. The Hall–Kier alpha value is -1.49. The molecule has 17 heavy (non-hydrogen) atoms. The highest BCUT2D eigenvalue weighted by Crippen LogP contribution is 2.19. The van der Waals surface area contributed by atoms with Crippen LogP contribution in [-0.2, 0) is 17.6 Å². The van der Waals surface area contributed by atoms with Crippen LogP contribution in [0.4, 0.5) is 5.95 Å². The monoisotopic (exact) mass is 234 g/mol. The molecule has 1 aliphatic carbocycles. The minimum absolute atomic E-state index is 0.0278. The average molecular weight is 234 g/mol. The lowest BCUT2D eigenvalue weighted by atomic mass is 9.94. The van der Waals surface area contributed by atoms with Crippen molar-refractivity contribution < 1.29 is 4.79 Å². The summed E-state index contributed by atoms with van der Waals surface area (Å²) in [6.45, 7) is 1.97. The van der Waals surface area contributed by atoms with Gasteiger partial charge in [-0.2, -0.15) is 0 Å². The standard InChI is InChI=1S/C12H18N4O/c1-2-3-11(17)16-12-14-7-8-6-9(13)4-5-10(8)15-12/h7,9H,2-6,13H2,1H3,(H,14,15,16,17). The molecule has 1 amide bonds. The molecule has 5 heteroatoms. The van der Waals surface area contributed by atoms with E-state index in [4.69, 9.17) is 5.73 Å². The maximum atomic E-state index is 11.4. The van der Waals surface area contributed by atoms with Crippen molar-refractivity contribution >= 4 is 11.9 Å². The van der Waals surface area contributed by atoms with Gasteiger partial charge in [0.1, 0.15) is 0 Å². The van der Waals surface area contributed by atoms with Crippen molar-refractivity contribution in [1.82, 2.24) is 9.97 Å². The van der Waals surface area contributed by atoms with Gasteiger partial charge in [-0.1, -0.05) is 6.92 Å². The number of nitrogens with zero attached hydrogens (tertiary/aromatic N) is 2. The van der Waals surface area contributed by atoms with Gasteiger partial charge >= 0.3 is 0 Å². The Morgan fingerprint density at radius 3 is 3.24 bits per heavy atom. The predicted octanol–water partition coefficient (Wildman–Crippen LogP) is 1.03. The van der Waals surface area contributed by atoms with Crippen LogP contribution in [-0.4, -0.2) is 21.9 Å². The molecular weight excluding hydrogens is 216 g/mol. The second kappa shape index (κ2) is 5.23. The van der Waals surface area contributed by atoms with Gasteiger partial charge in [-0.25, -0.2) is 9.97 Å². The second-order valence-corrected chi connectivity index (χ2v) is 4.47. The van der Waals surface area contributed by atoms with E-state index in [0.29, 0.717) is 12.4 Å². The van der Waals surface area contributed by atoms with Crippen LogP contribution in [0.5, 0.6) is 0 Å². The van der Waals surface area contributed by atoms with E-state index in [-0.39, 0.29) is 11.9 Å². The first kappa shape index (κ1) is 12.0. The van der Waals surface area contributed by atoms with Gasteiger partial charge in [-0.15, -0.1) is 0 Å². The van der Waals surface area contributed by atoms with E-state index in [1.165, 1.54) is 0 Å². The summed E-state index contributed by atoms with van der Waals surface area (Å²) in [5, 5.41) is 2.71. The van der Waals surface area contributed by atoms with Gasteiger partial charge in [0.15, 0.2) is 0 Å². The summed E-state index contributed by atoms with van der Waals surface area (Å²) in [6, 6.07) is 0.214. The summed E-state index contributed by atoms with van der Waals surface area (Å²) in [5.41, 5.74) is 8.01. The number of hydrogen-bond acceptors (Lipinski definition) is 4. The van der Waals surface area contributed by atoms with Gasteiger partial charge in [0.2, 0.25) is 11.9 Å². The fourth-order valence-corrected chi connectivity index (χ4v) is 2.01. The van der Waals surface area contributed by atoms with E-state index in [0.717, 1.165) is 36.9 Å². The molecule has 0 aliphatic heterocycles. The lowest BCUT2D eigenvalue weighted by Gasteiger charge is -2.20. The van der Waals surface area contributed by atoms with Crippen molar-refractivity contribution in [3.8, 4) is 0 Å². The third-order valence-electron chi connectivity index (χ3n) is 2.92. The van der Waals surface area contributed by atoms with Crippen molar-refractivity contribution in [2.75, 3.05) is 5.32 Å². The lowest BCUT2D eigenvalue weighted by Crippen LogP contribution is -2.29. The van der Waals surface area contributed by atoms with Crippen LogP contribution < -0.4 is 11.1 Å². The number of carbonyl (C=O) groups is 1. The number of carbonyl (C=O) groups excluding carboxylic acids is 1. The summed E-state index contributed by atoms with van der Waals surface area (Å²) in [4.78, 5) is 19.9. The van der Waals surface area contributed by atoms with Crippen LogP contribution in [0, 0.1) is 0 Å². The summed E-state index contributed by atoms with van der Waals surface area (Å²) in [6.07, 6.45) is 5.76. The molecule has 1 heterocycles. The summed E-state index contributed by atoms with van der Waals surface area (Å²) < 4.78 is 0. The molecule has 1 aromatic rings. The second-order valence-electron chi connectivity index (χ2n) is 4.47. The van der Waals surface area contributed by atoms with Crippen LogP contribution in [0.2, 0.25) is 0 Å². The molecule has 2 rings (SSSR count). The number of aromatic nitrogens is 2. The number of aryl methyl sites for hydroxylation is 1. The zero-order chi connectivity index (χ0) is 12.3. The lowest BCUT2D eigenvalue weighted by molar-refractivity contribution is -0.116. The Kier molecular flexibility index (Phi) is 3.68. The Balaban J connectivity index is 2.08. The van der Waals surface area contributed by atoms with Crippen LogP contribution in [0.25, 0.3) is 0 Å². The molecule has 0 saturated carbocycles. The van der Waals surface area contributed by atoms with E-state index >= 15 is 0 Å². The van der Waals surface area contributed by atoms with Gasteiger partial charge in [-0.3, -0.25) is 10.1 Å². The molecule has 3 N–H and O–H groups in total. The molecule has 1 aromatic heterocycles. The van der Waals surface area contributed by atoms with Gasteiger partial charge in [-0.05, 0) is 31.2 Å². The zero-order valence-electron chi connectivity index (χ0n) is 10.1. The van der Waals surface area contributed by atoms with Crippen LogP contribution >= 0.6 is 0 Å². The van der Waals surface area contributed by atoms with Crippen molar-refractivity contribution in [3.63, 3.8) is 0 Å². The molecule has 0 aromatic carbocycles. The maximum absolute atomic E-state index is 11.4. The minimum atomic E-state index is -0.0278. The maximum Gasteiger partial charge on any atom is 0.229 e. The minimum Gasteiger partial charge on any atom is -0.327 e. The molecule has 0 spiro atoms. The smallest absolute Gasteiger partial charge is 0.229 e. The van der Waals surface area contributed by atoms with Crippen LogP contribution in [0.1, 0.15) is 37.4 Å². The Labute approximate surface area is 101 Å². The van der Waals surface area contributed by atoms with E-state index in [2.05, 4.69) is 15.3 Å². The third-order valence-corrected chi connectivity index (χ3v) is 2.92. The van der Waals surface area contributed by atoms with Gasteiger partial charge < -0.3 is 5.73 Å². The summed E-state index contributed by atoms with van der Waals surface area (Å²) in [5.74, 6) is 0.387. The predicted molar refractivity (Wildman–Crippen MR) is 65.6 cm³/mol. The summed E-state index contributed by atoms with van der Waals surface area (Å²) >= 11 is 0. The first-order valence-electron chi connectivity index (χ1n) is 6.09. The normalized spacial score (nSPS) is 18.6. The number of amides is 1. The van der Waals surface area contributed by atoms with E-state index < -0.39 is 0 Å². The van der Waals surface area contributed by atoms with Gasteiger partial charge in [0, 0.05) is 24.4 Å². The summed E-state index contributed by atoms with van der Waals surface area (Å²) in [7, 11) is 0. The SMILES string of the molecule is CCCC(=O)Nc1ncc2c(n1)CCC(N)C2. The fourth-order valence-electron chi connectivity index (χ4n) is 2.01. The Bertz CT molecular complexity index is 419. The molecule has 5 nitrogen and oxygen atoms in total. The van der Waals surface area contributed by atoms with Crippen LogP contribution in [0.3, 0.4) is 0 Å². The number of nitrogens with one attached hydrogen (secondary N) is 1. The Morgan fingerprint density at radius 1 is 1.65 bits per heavy atom. The van der Waals surface area contributed by atoms with Crippen molar-refractivity contribution in [3.05, 3.63) is 17.5 Å². The molecule has 0 bridgehead atoms. The molecule has 92 valence electrons. The molecule has 0 radical (unpaired) electrons. The Morgan fingerprint density at radius 2 is 2.47 bits per heavy atom. The molecule has 1 unspecified atom stereocenters. The third kappa shape index (κ3) is 3.00. The number of fused-ring (bicyclic) bond motifs is 1. The molecular formula is C12H18N4O. The van der Waals surface area contributed by atoms with E-state index in [9.17, 15) is 4.79 Å². The number of hydrogen-bond donors (Lipinski definition) is 2. The van der Waals surface area contributed by atoms with E-state index in [1.807, 2.05) is 6.92 Å². The first-order valence-corrected chi connectivity index (χ1v) is 6.09. The highest BCUT2D eigenvalue weighted by Gasteiger charge is 2.17. The molecule has 1 atom stereocenters. The topological polar surface area (TPSA) is 80.9 Å². The number of nitrogens with two attached hydrogens (primary N) is 1. The van der Waals surface area contributed by atoms with Crippen molar-refractivity contribution in [1.29, 1.82) is 0 Å². The zero-order valence-corrected chi connectivity index (χ0v) is 10.1. The van der Waals surface area contributed by atoms with Gasteiger partial charge in [0.05, 0.1) is 0 Å². The van der Waals surface area contributed by atoms with Gasteiger partial charge in [0.25, 0.3) is 0 Å². The highest BCUT2D eigenvalue weighted by molar-refractivity contribution is 5.88. The van der Waals surface area contributed by atoms with Crippen molar-refractivity contribution in [2.24, 2.45) is 5.73 Å². The quantitative estimate of drug-likeness (QED) is 0.818. The van der Waals surface area contributed by atoms with Crippen LogP contribution in [0.15, 0.2) is 6.20 Å². The first-order chi connectivity index (χ1) is 8.19.